The van der Waals surface area contributed by atoms with Gasteiger partial charge in [0.15, 0.2) is 5.82 Å². The average molecular weight is 313 g/mol. The van der Waals surface area contributed by atoms with Crippen LogP contribution in [0, 0.1) is 0 Å². The van der Waals surface area contributed by atoms with Crippen molar-refractivity contribution in [3.05, 3.63) is 45.9 Å². The molecule has 0 aliphatic rings. The number of aromatic nitrogens is 1. The number of amides is 1. The maximum atomic E-state index is 11.3. The first-order valence-electron chi connectivity index (χ1n) is 5.42. The van der Waals surface area contributed by atoms with Crippen LogP contribution in [-0.2, 0) is 0 Å². The number of rotatable bonds is 4. The Balaban J connectivity index is 2.42. The monoisotopic (exact) mass is 312 g/mol. The minimum Gasteiger partial charge on any atom is -0.437 e. The maximum absolute atomic E-state index is 11.3. The average Bonchev–Trinajstić information content (AvgIpc) is 2.42. The van der Waals surface area contributed by atoms with Gasteiger partial charge in [-0.15, -0.1) is 0 Å². The van der Waals surface area contributed by atoms with E-state index in [2.05, 4.69) is 10.4 Å². The lowest BCUT2D eigenvalue weighted by Gasteiger charge is -2.11. The highest BCUT2D eigenvalue weighted by molar-refractivity contribution is 6.36. The third kappa shape index (κ3) is 2.93. The Hall–Kier alpha value is -2.02. The van der Waals surface area contributed by atoms with Crippen LogP contribution in [0.15, 0.2) is 30.3 Å². The summed E-state index contributed by atoms with van der Waals surface area (Å²) in [4.78, 5) is 15.3. The first kappa shape index (κ1) is 14.4. The van der Waals surface area contributed by atoms with Gasteiger partial charge in [0.25, 0.3) is 5.91 Å². The lowest BCUT2D eigenvalue weighted by atomic mass is 10.2. The first-order chi connectivity index (χ1) is 9.52. The second kappa shape index (κ2) is 5.96. The number of benzene rings is 1. The minimum atomic E-state index is -0.622. The van der Waals surface area contributed by atoms with E-state index >= 15 is 0 Å². The molecule has 104 valence electrons. The summed E-state index contributed by atoms with van der Waals surface area (Å²) in [7, 11) is 0. The van der Waals surface area contributed by atoms with Gasteiger partial charge in [-0.1, -0.05) is 35.3 Å². The second-order valence-electron chi connectivity index (χ2n) is 3.71. The van der Waals surface area contributed by atoms with Crippen LogP contribution in [-0.4, -0.2) is 10.9 Å². The van der Waals surface area contributed by atoms with E-state index in [1.165, 1.54) is 12.1 Å². The molecule has 5 N–H and O–H groups in total. The molecule has 0 radical (unpaired) electrons. The molecular weight excluding hydrogens is 303 g/mol. The third-order valence-electron chi connectivity index (χ3n) is 2.39. The van der Waals surface area contributed by atoms with Crippen molar-refractivity contribution in [1.82, 2.24) is 4.98 Å². The van der Waals surface area contributed by atoms with E-state index in [9.17, 15) is 4.79 Å². The molecule has 1 heterocycles. The Morgan fingerprint density at radius 3 is 2.60 bits per heavy atom. The molecule has 0 saturated heterocycles. The summed E-state index contributed by atoms with van der Waals surface area (Å²) in [5.41, 5.74) is 7.78. The fourth-order valence-electron chi connectivity index (χ4n) is 1.49. The Labute approximate surface area is 124 Å². The fourth-order valence-corrected chi connectivity index (χ4v) is 1.94. The molecule has 2 aromatic rings. The lowest BCUT2D eigenvalue weighted by Crippen LogP contribution is -2.12. The molecule has 2 rings (SSSR count). The summed E-state index contributed by atoms with van der Waals surface area (Å²) in [6, 6.07) is 7.88. The Morgan fingerprint density at radius 1 is 1.25 bits per heavy atom. The molecule has 20 heavy (non-hydrogen) atoms. The van der Waals surface area contributed by atoms with Crippen LogP contribution in [0.3, 0.4) is 0 Å². The topological polar surface area (TPSA) is 103 Å². The number of hydrogen-bond donors (Lipinski definition) is 3. The van der Waals surface area contributed by atoms with Crippen LogP contribution < -0.4 is 21.7 Å². The van der Waals surface area contributed by atoms with Gasteiger partial charge in [0.1, 0.15) is 10.8 Å². The summed E-state index contributed by atoms with van der Waals surface area (Å²) < 4.78 is 5.50. The molecule has 0 unspecified atom stereocenters. The van der Waals surface area contributed by atoms with E-state index < -0.39 is 5.91 Å². The van der Waals surface area contributed by atoms with Crippen LogP contribution in [0.1, 0.15) is 10.4 Å². The summed E-state index contributed by atoms with van der Waals surface area (Å²) >= 11 is 11.9. The molecule has 0 spiro atoms. The second-order valence-corrected chi connectivity index (χ2v) is 4.53. The number of carbonyl (C=O) groups is 1. The highest BCUT2D eigenvalue weighted by Gasteiger charge is 2.14. The lowest BCUT2D eigenvalue weighted by molar-refractivity contribution is 0.0998. The number of halogens is 2. The predicted molar refractivity (Wildman–Crippen MR) is 77.1 cm³/mol. The van der Waals surface area contributed by atoms with Crippen molar-refractivity contribution in [1.29, 1.82) is 0 Å². The third-order valence-corrected chi connectivity index (χ3v) is 2.95. The van der Waals surface area contributed by atoms with Gasteiger partial charge in [-0.2, -0.15) is 4.98 Å². The summed E-state index contributed by atoms with van der Waals surface area (Å²) in [6.45, 7) is 0. The number of para-hydroxylation sites is 1. The molecule has 1 amide bonds. The highest BCUT2D eigenvalue weighted by atomic mass is 35.5. The maximum Gasteiger partial charge on any atom is 0.252 e. The zero-order chi connectivity index (χ0) is 14.7. The number of hydrogen-bond acceptors (Lipinski definition) is 5. The number of anilines is 1. The van der Waals surface area contributed by atoms with E-state index in [4.69, 9.17) is 39.5 Å². The number of hydrazine groups is 1. The van der Waals surface area contributed by atoms with Crippen LogP contribution in [0.25, 0.3) is 0 Å². The van der Waals surface area contributed by atoms with Crippen molar-refractivity contribution in [3.63, 3.8) is 0 Å². The Bertz CT molecular complexity index is 664. The smallest absolute Gasteiger partial charge is 0.252 e. The van der Waals surface area contributed by atoms with Crippen molar-refractivity contribution in [3.8, 4) is 11.6 Å². The minimum absolute atomic E-state index is 0.0534. The molecule has 8 heteroatoms. The van der Waals surface area contributed by atoms with Crippen molar-refractivity contribution in [2.45, 2.75) is 0 Å². The summed E-state index contributed by atoms with van der Waals surface area (Å²) in [6.07, 6.45) is 0. The molecule has 6 nitrogen and oxygen atoms in total. The molecule has 0 atom stereocenters. The van der Waals surface area contributed by atoms with Gasteiger partial charge >= 0.3 is 0 Å². The number of carbonyl (C=O) groups excluding carboxylic acids is 1. The first-order valence-corrected chi connectivity index (χ1v) is 6.18. The van der Waals surface area contributed by atoms with Crippen molar-refractivity contribution in [2.24, 2.45) is 11.6 Å². The number of ether oxygens (including phenoxy) is 1. The van der Waals surface area contributed by atoms with E-state index in [1.807, 2.05) is 0 Å². The van der Waals surface area contributed by atoms with E-state index in [0.29, 0.717) is 0 Å². The zero-order valence-corrected chi connectivity index (χ0v) is 11.6. The van der Waals surface area contributed by atoms with Gasteiger partial charge in [0.2, 0.25) is 5.88 Å². The van der Waals surface area contributed by atoms with Gasteiger partial charge in [-0.05, 0) is 18.2 Å². The van der Waals surface area contributed by atoms with Crippen molar-refractivity contribution >= 4 is 34.9 Å². The molecule has 1 aromatic carbocycles. The van der Waals surface area contributed by atoms with Crippen molar-refractivity contribution < 1.29 is 9.53 Å². The molecule has 0 aliphatic carbocycles. The number of primary amides is 1. The number of pyridine rings is 1. The SMILES string of the molecule is NNc1nc(Oc2ccccc2C(N)=O)c(Cl)cc1Cl. The molecule has 1 aromatic heterocycles. The zero-order valence-electron chi connectivity index (χ0n) is 10.1. The van der Waals surface area contributed by atoms with Gasteiger partial charge in [0.05, 0.1) is 10.6 Å². The van der Waals surface area contributed by atoms with E-state index in [0.717, 1.165) is 0 Å². The van der Waals surface area contributed by atoms with Crippen molar-refractivity contribution in [2.75, 3.05) is 5.43 Å². The molecule has 0 aliphatic heterocycles. The van der Waals surface area contributed by atoms with Gasteiger partial charge in [-0.3, -0.25) is 4.79 Å². The normalized spacial score (nSPS) is 10.2. The highest BCUT2D eigenvalue weighted by Crippen LogP contribution is 2.34. The van der Waals surface area contributed by atoms with Crippen LogP contribution in [0.2, 0.25) is 10.0 Å². The fraction of sp³-hybridized carbons (Fsp3) is 0. The molecule has 0 saturated carbocycles. The van der Waals surface area contributed by atoms with Crippen LogP contribution in [0.5, 0.6) is 11.6 Å². The van der Waals surface area contributed by atoms with Gasteiger partial charge < -0.3 is 15.9 Å². The number of nitrogens with one attached hydrogen (secondary N) is 1. The van der Waals surface area contributed by atoms with Crippen LogP contribution in [0.4, 0.5) is 5.82 Å². The van der Waals surface area contributed by atoms with E-state index in [-0.39, 0.29) is 33.1 Å². The van der Waals surface area contributed by atoms with E-state index in [1.54, 1.807) is 18.2 Å². The standard InChI is InChI=1S/C12H10Cl2N4O2/c13-7-5-8(14)12(17-11(7)18-16)20-9-4-2-1-3-6(9)10(15)19/h1-5H,16H2,(H2,15,19)(H,17,18). The molecule has 0 bridgehead atoms. The molecule has 0 fully saturated rings. The number of nitrogens with zero attached hydrogens (tertiary/aromatic N) is 1. The van der Waals surface area contributed by atoms with Gasteiger partial charge in [0, 0.05) is 0 Å². The number of nitrogen functional groups attached to an aromatic ring is 1. The quantitative estimate of drug-likeness (QED) is 0.594. The van der Waals surface area contributed by atoms with Gasteiger partial charge in [-0.25, -0.2) is 5.84 Å². The summed E-state index contributed by atoms with van der Waals surface area (Å²) in [5.74, 6) is 5.14. The molecular formula is C12H10Cl2N4O2. The summed E-state index contributed by atoms with van der Waals surface area (Å²) in [5, 5.41) is 0.418. The van der Waals surface area contributed by atoms with Crippen LogP contribution >= 0.6 is 23.2 Å². The largest absolute Gasteiger partial charge is 0.437 e. The Morgan fingerprint density at radius 2 is 1.95 bits per heavy atom. The Kier molecular flexibility index (Phi) is 4.29. The predicted octanol–water partition coefficient (Wildman–Crippen LogP) is 2.57. The number of nitrogens with two attached hydrogens (primary N) is 2.